The first-order chi connectivity index (χ1) is 14.0. The lowest BCUT2D eigenvalue weighted by molar-refractivity contribution is 0.960. The van der Waals surface area contributed by atoms with Gasteiger partial charge in [0.1, 0.15) is 0 Å². The van der Waals surface area contributed by atoms with Crippen LogP contribution < -0.4 is 16.6 Å². The van der Waals surface area contributed by atoms with Crippen LogP contribution in [0.25, 0.3) is 43.6 Å². The van der Waals surface area contributed by atoms with Crippen molar-refractivity contribution >= 4 is 43.6 Å². The summed E-state index contributed by atoms with van der Waals surface area (Å²) >= 11 is 0. The predicted molar refractivity (Wildman–Crippen MR) is 120 cm³/mol. The fourth-order valence-corrected chi connectivity index (χ4v) is 4.19. The molecule has 0 unspecified atom stereocenters. The monoisotopic (exact) mass is 383 g/mol. The molecule has 4 N–H and O–H groups in total. The third-order valence-electron chi connectivity index (χ3n) is 5.74. The molecule has 2 aromatic heterocycles. The molecule has 144 valence electrons. The topological polar surface area (TPSA) is 91.7 Å². The minimum atomic E-state index is -0.0390. The number of H-pyrrole nitrogens is 2. The minimum absolute atomic E-state index is 0.0342. The fraction of sp³-hybridized carbons (Fsp3) is 0.167. The molecule has 0 amide bonds. The van der Waals surface area contributed by atoms with Gasteiger partial charge >= 0.3 is 0 Å². The average molecular weight is 383 g/mol. The average Bonchev–Trinajstić information content (AvgIpc) is 2.70. The summed E-state index contributed by atoms with van der Waals surface area (Å²) in [7, 11) is 0. The third-order valence-corrected chi connectivity index (χ3v) is 5.74. The number of hydrogen-bond acceptors (Lipinski definition) is 3. The van der Waals surface area contributed by atoms with Crippen molar-refractivity contribution in [3.05, 3.63) is 79.6 Å². The molecule has 0 fully saturated rings. The highest BCUT2D eigenvalue weighted by Crippen LogP contribution is 2.23. The zero-order chi connectivity index (χ0) is 20.3. The Hall–Kier alpha value is -3.44. The number of fused-ring (bicyclic) bond motifs is 4. The van der Waals surface area contributed by atoms with Crippen LogP contribution >= 0.6 is 0 Å². The molecule has 2 heterocycles. The van der Waals surface area contributed by atoms with Crippen LogP contribution in [-0.4, -0.2) is 16.5 Å². The van der Waals surface area contributed by atoms with E-state index in [0.29, 0.717) is 39.1 Å². The Morgan fingerprint density at radius 3 is 1.93 bits per heavy atom. The maximum atomic E-state index is 13.2. The second-order valence-electron chi connectivity index (χ2n) is 7.76. The van der Waals surface area contributed by atoms with Crippen LogP contribution in [0.1, 0.15) is 16.7 Å². The van der Waals surface area contributed by atoms with Gasteiger partial charge in [-0.3, -0.25) is 9.59 Å². The number of benzene rings is 3. The van der Waals surface area contributed by atoms with E-state index in [0.717, 1.165) is 34.1 Å². The number of nitrogens with one attached hydrogen (secondary N) is 2. The number of aromatic nitrogens is 2. The van der Waals surface area contributed by atoms with Gasteiger partial charge in [-0.2, -0.15) is 0 Å². The molecule has 0 saturated heterocycles. The Labute approximate surface area is 166 Å². The van der Waals surface area contributed by atoms with Crippen LogP contribution in [0.2, 0.25) is 0 Å². The highest BCUT2D eigenvalue weighted by atomic mass is 16.1. The molecular formula is C24H21N3O2. The molecule has 0 saturated carbocycles. The van der Waals surface area contributed by atoms with E-state index in [4.69, 9.17) is 5.73 Å². The predicted octanol–water partition coefficient (Wildman–Crippen LogP) is 3.79. The third kappa shape index (κ3) is 2.66. The van der Waals surface area contributed by atoms with Crippen molar-refractivity contribution in [2.45, 2.75) is 20.3 Å². The molecular weight excluding hydrogens is 362 g/mol. The molecule has 5 heteroatoms. The lowest BCUT2D eigenvalue weighted by Gasteiger charge is -2.10. The number of aromatic amines is 2. The van der Waals surface area contributed by atoms with E-state index in [2.05, 4.69) is 9.97 Å². The normalized spacial score (nSPS) is 11.8. The number of nitrogens with two attached hydrogens (primary N) is 1. The Morgan fingerprint density at radius 1 is 0.724 bits per heavy atom. The quantitative estimate of drug-likeness (QED) is 0.405. The molecule has 0 bridgehead atoms. The smallest absolute Gasteiger partial charge is 0.197 e. The van der Waals surface area contributed by atoms with E-state index < -0.39 is 0 Å². The van der Waals surface area contributed by atoms with Gasteiger partial charge in [-0.1, -0.05) is 11.6 Å². The van der Waals surface area contributed by atoms with Crippen molar-refractivity contribution in [2.75, 3.05) is 6.54 Å². The van der Waals surface area contributed by atoms with Gasteiger partial charge in [0.15, 0.2) is 10.9 Å². The summed E-state index contributed by atoms with van der Waals surface area (Å²) in [6.45, 7) is 4.52. The summed E-state index contributed by atoms with van der Waals surface area (Å²) in [5.74, 6) is 0. The first kappa shape index (κ1) is 17.6. The number of rotatable bonds is 2. The zero-order valence-electron chi connectivity index (χ0n) is 16.3. The molecule has 5 rings (SSSR count). The van der Waals surface area contributed by atoms with Crippen molar-refractivity contribution < 1.29 is 0 Å². The van der Waals surface area contributed by atoms with E-state index >= 15 is 0 Å². The van der Waals surface area contributed by atoms with Gasteiger partial charge in [0, 0.05) is 27.1 Å². The van der Waals surface area contributed by atoms with E-state index in [-0.39, 0.29) is 10.9 Å². The van der Waals surface area contributed by atoms with Crippen molar-refractivity contribution in [3.63, 3.8) is 0 Å². The van der Waals surface area contributed by atoms with Crippen LogP contribution in [0.5, 0.6) is 0 Å². The van der Waals surface area contributed by atoms with Gasteiger partial charge in [-0.15, -0.1) is 0 Å². The number of hydrogen-bond donors (Lipinski definition) is 3. The minimum Gasteiger partial charge on any atom is -0.354 e. The Kier molecular flexibility index (Phi) is 3.83. The van der Waals surface area contributed by atoms with Crippen LogP contribution in [0.4, 0.5) is 0 Å². The van der Waals surface area contributed by atoms with E-state index in [1.54, 1.807) is 12.1 Å². The molecule has 0 aliphatic rings. The molecule has 0 aliphatic carbocycles. The molecule has 3 aromatic carbocycles. The van der Waals surface area contributed by atoms with Crippen molar-refractivity contribution in [1.82, 2.24) is 9.97 Å². The zero-order valence-corrected chi connectivity index (χ0v) is 16.3. The van der Waals surface area contributed by atoms with Gasteiger partial charge in [-0.05, 0) is 74.3 Å². The van der Waals surface area contributed by atoms with Crippen LogP contribution in [0.15, 0.2) is 52.1 Å². The SMILES string of the molecule is Cc1ccc2[nH]c3cc4c(=O)c5cc(C)c(CCN)cc5[nH]c4cc3c(=O)c2c1. The highest BCUT2D eigenvalue weighted by Gasteiger charge is 2.12. The summed E-state index contributed by atoms with van der Waals surface area (Å²) in [6, 6.07) is 13.3. The summed E-state index contributed by atoms with van der Waals surface area (Å²) in [6.07, 6.45) is 0.755. The first-order valence-corrected chi connectivity index (χ1v) is 9.72. The van der Waals surface area contributed by atoms with Crippen molar-refractivity contribution in [2.24, 2.45) is 5.73 Å². The molecule has 0 radical (unpaired) electrons. The summed E-state index contributed by atoms with van der Waals surface area (Å²) in [4.78, 5) is 33.0. The van der Waals surface area contributed by atoms with Crippen LogP contribution in [0, 0.1) is 13.8 Å². The highest BCUT2D eigenvalue weighted by molar-refractivity contribution is 6.02. The maximum absolute atomic E-state index is 13.2. The first-order valence-electron chi connectivity index (χ1n) is 9.72. The number of pyridine rings is 2. The van der Waals surface area contributed by atoms with Gasteiger partial charge in [0.2, 0.25) is 0 Å². The van der Waals surface area contributed by atoms with Crippen LogP contribution in [0.3, 0.4) is 0 Å². The van der Waals surface area contributed by atoms with Crippen LogP contribution in [-0.2, 0) is 6.42 Å². The van der Waals surface area contributed by atoms with Crippen molar-refractivity contribution in [1.29, 1.82) is 0 Å². The summed E-state index contributed by atoms with van der Waals surface area (Å²) in [5, 5.41) is 2.44. The standard InChI is InChI=1S/C24H21N3O2/c1-12-3-4-19-15(7-12)23(28)17-11-22-18(10-21(17)26-19)24(29)16-8-13(2)14(5-6-25)9-20(16)27-22/h3-4,7-11H,5-6,25H2,1-2H3,(H,26,28)(H,27,29). The van der Waals surface area contributed by atoms with Gasteiger partial charge in [-0.25, -0.2) is 0 Å². The Bertz CT molecular complexity index is 1580. The summed E-state index contributed by atoms with van der Waals surface area (Å²) < 4.78 is 0. The number of aryl methyl sites for hydroxylation is 2. The largest absolute Gasteiger partial charge is 0.354 e. The van der Waals surface area contributed by atoms with Crippen molar-refractivity contribution in [3.8, 4) is 0 Å². The molecule has 5 nitrogen and oxygen atoms in total. The second kappa shape index (κ2) is 6.29. The second-order valence-corrected chi connectivity index (χ2v) is 7.76. The lowest BCUT2D eigenvalue weighted by atomic mass is 10.00. The van der Waals surface area contributed by atoms with Gasteiger partial charge in [0.05, 0.1) is 16.6 Å². The Morgan fingerprint density at radius 2 is 1.28 bits per heavy atom. The van der Waals surface area contributed by atoms with E-state index in [1.165, 1.54) is 0 Å². The molecule has 29 heavy (non-hydrogen) atoms. The molecule has 0 aliphatic heterocycles. The summed E-state index contributed by atoms with van der Waals surface area (Å²) in [5.41, 5.74) is 11.7. The molecule has 5 aromatic rings. The lowest BCUT2D eigenvalue weighted by Crippen LogP contribution is -2.10. The van der Waals surface area contributed by atoms with Gasteiger partial charge in [0.25, 0.3) is 0 Å². The fourth-order valence-electron chi connectivity index (χ4n) is 4.19. The molecule has 0 atom stereocenters. The van der Waals surface area contributed by atoms with E-state index in [1.807, 2.05) is 44.2 Å². The molecule has 0 spiro atoms. The van der Waals surface area contributed by atoms with E-state index in [9.17, 15) is 9.59 Å². The Balaban J connectivity index is 1.91. The maximum Gasteiger partial charge on any atom is 0.197 e. The van der Waals surface area contributed by atoms with Gasteiger partial charge < -0.3 is 15.7 Å².